The van der Waals surface area contributed by atoms with E-state index in [1.807, 2.05) is 46.2 Å². The maximum atomic E-state index is 12.6. The Bertz CT molecular complexity index is 913. The number of carbonyl (C=O) groups is 1. The van der Waals surface area contributed by atoms with Gasteiger partial charge in [-0.1, -0.05) is 6.07 Å². The minimum Gasteiger partial charge on any atom is -0.325 e. The minimum absolute atomic E-state index is 0.0169. The number of urea groups is 1. The van der Waals surface area contributed by atoms with Crippen LogP contribution in [-0.2, 0) is 13.0 Å². The number of carbonyl (C=O) groups excluding carboxylic acids is 1. The molecule has 6 nitrogen and oxygen atoms in total. The van der Waals surface area contributed by atoms with Crippen molar-refractivity contribution in [1.29, 1.82) is 0 Å². The number of nitrogens with one attached hydrogen (secondary N) is 1. The second-order valence-corrected chi connectivity index (χ2v) is 7.16. The summed E-state index contributed by atoms with van der Waals surface area (Å²) in [6.45, 7) is 4.47. The van der Waals surface area contributed by atoms with Gasteiger partial charge >= 0.3 is 6.03 Å². The molecule has 1 N–H and O–H groups in total. The zero-order valence-electron chi connectivity index (χ0n) is 15.6. The van der Waals surface area contributed by atoms with Gasteiger partial charge in [-0.05, 0) is 61.9 Å². The molecule has 6 heteroatoms. The van der Waals surface area contributed by atoms with Crippen LogP contribution in [0.2, 0.25) is 0 Å². The van der Waals surface area contributed by atoms with Crippen molar-refractivity contribution in [3.63, 3.8) is 0 Å². The van der Waals surface area contributed by atoms with E-state index in [0.29, 0.717) is 5.92 Å². The standard InChI is InChI=1S/C21H25N5O/c1-2-26-20-13-19(6-5-18(20)15-23-26)24-21(27)25-10-7-16(8-11-25)12-17-4-3-9-22-14-17/h3-6,9,13-16H,2,7-8,10-12H2,1H3,(H,24,27). The third kappa shape index (κ3) is 3.94. The van der Waals surface area contributed by atoms with E-state index in [2.05, 4.69) is 28.4 Å². The predicted octanol–water partition coefficient (Wildman–Crippen LogP) is 3.94. The summed E-state index contributed by atoms with van der Waals surface area (Å²) in [7, 11) is 0. The second kappa shape index (κ2) is 7.78. The number of hydrogen-bond donors (Lipinski definition) is 1. The average Bonchev–Trinajstić information content (AvgIpc) is 3.11. The highest BCUT2D eigenvalue weighted by Crippen LogP contribution is 2.23. The van der Waals surface area contributed by atoms with Gasteiger partial charge in [-0.25, -0.2) is 4.79 Å². The molecule has 4 rings (SSSR count). The van der Waals surface area contributed by atoms with Gasteiger partial charge in [0.25, 0.3) is 0 Å². The van der Waals surface area contributed by atoms with Crippen molar-refractivity contribution in [1.82, 2.24) is 19.7 Å². The Labute approximate surface area is 159 Å². The molecule has 0 unspecified atom stereocenters. The summed E-state index contributed by atoms with van der Waals surface area (Å²) < 4.78 is 1.94. The summed E-state index contributed by atoms with van der Waals surface area (Å²) in [4.78, 5) is 18.8. The highest BCUT2D eigenvalue weighted by Gasteiger charge is 2.23. The number of piperidine rings is 1. The van der Waals surface area contributed by atoms with Crippen LogP contribution in [0.3, 0.4) is 0 Å². The molecule has 3 heterocycles. The summed E-state index contributed by atoms with van der Waals surface area (Å²) in [5, 5.41) is 8.49. The first-order chi connectivity index (χ1) is 13.2. The molecular formula is C21H25N5O. The van der Waals surface area contributed by atoms with E-state index >= 15 is 0 Å². The van der Waals surface area contributed by atoms with Crippen molar-refractivity contribution in [3.8, 4) is 0 Å². The van der Waals surface area contributed by atoms with Gasteiger partial charge in [-0.3, -0.25) is 9.67 Å². The molecule has 0 spiro atoms. The second-order valence-electron chi connectivity index (χ2n) is 7.16. The Kier molecular flexibility index (Phi) is 5.05. The number of aromatic nitrogens is 3. The maximum absolute atomic E-state index is 12.6. The molecule has 1 saturated heterocycles. The third-order valence-corrected chi connectivity index (χ3v) is 5.34. The monoisotopic (exact) mass is 363 g/mol. The number of benzene rings is 1. The normalized spacial score (nSPS) is 15.2. The highest BCUT2D eigenvalue weighted by atomic mass is 16.2. The van der Waals surface area contributed by atoms with Crippen LogP contribution in [0.1, 0.15) is 25.3 Å². The molecule has 2 amide bonds. The lowest BCUT2D eigenvalue weighted by atomic mass is 9.91. The molecule has 3 aromatic rings. The number of amides is 2. The van der Waals surface area contributed by atoms with Crippen molar-refractivity contribution >= 4 is 22.6 Å². The molecule has 0 radical (unpaired) electrons. The fraction of sp³-hybridized carbons (Fsp3) is 0.381. The quantitative estimate of drug-likeness (QED) is 0.764. The van der Waals surface area contributed by atoms with E-state index in [0.717, 1.165) is 55.5 Å². The largest absolute Gasteiger partial charge is 0.325 e. The van der Waals surface area contributed by atoms with Crippen LogP contribution in [0.25, 0.3) is 10.9 Å². The molecule has 140 valence electrons. The average molecular weight is 363 g/mol. The molecule has 1 aliphatic rings. The van der Waals surface area contributed by atoms with Crippen molar-refractivity contribution in [2.75, 3.05) is 18.4 Å². The van der Waals surface area contributed by atoms with Gasteiger partial charge in [0.2, 0.25) is 0 Å². The highest BCUT2D eigenvalue weighted by molar-refractivity contribution is 5.92. The van der Waals surface area contributed by atoms with Gasteiger partial charge in [0.1, 0.15) is 0 Å². The first-order valence-electron chi connectivity index (χ1n) is 9.63. The Morgan fingerprint density at radius 2 is 2.07 bits per heavy atom. The number of nitrogens with zero attached hydrogens (tertiary/aromatic N) is 4. The van der Waals surface area contributed by atoms with Crippen molar-refractivity contribution in [2.45, 2.75) is 32.7 Å². The fourth-order valence-electron chi connectivity index (χ4n) is 3.80. The number of aryl methyl sites for hydroxylation is 1. The van der Waals surface area contributed by atoms with Gasteiger partial charge in [0.15, 0.2) is 0 Å². The van der Waals surface area contributed by atoms with Gasteiger partial charge in [0, 0.05) is 43.1 Å². The van der Waals surface area contributed by atoms with E-state index < -0.39 is 0 Å². The van der Waals surface area contributed by atoms with Gasteiger partial charge in [-0.2, -0.15) is 5.10 Å². The zero-order chi connectivity index (χ0) is 18.6. The molecule has 0 saturated carbocycles. The van der Waals surface area contributed by atoms with Gasteiger partial charge in [-0.15, -0.1) is 0 Å². The molecule has 0 bridgehead atoms. The SMILES string of the molecule is CCn1ncc2ccc(NC(=O)N3CCC(Cc4cccnc4)CC3)cc21. The third-order valence-electron chi connectivity index (χ3n) is 5.34. The number of anilines is 1. The lowest BCUT2D eigenvalue weighted by molar-refractivity contribution is 0.182. The van der Waals surface area contributed by atoms with Crippen LogP contribution in [0.15, 0.2) is 48.9 Å². The van der Waals surface area contributed by atoms with Crippen LogP contribution < -0.4 is 5.32 Å². The van der Waals surface area contributed by atoms with Gasteiger partial charge in [0.05, 0.1) is 11.7 Å². The Morgan fingerprint density at radius 1 is 1.22 bits per heavy atom. The van der Waals surface area contributed by atoms with Crippen LogP contribution in [0, 0.1) is 5.92 Å². The summed E-state index contributed by atoms with van der Waals surface area (Å²) in [5.41, 5.74) is 3.15. The van der Waals surface area contributed by atoms with E-state index in [4.69, 9.17) is 0 Å². The first kappa shape index (κ1) is 17.5. The van der Waals surface area contributed by atoms with Crippen LogP contribution in [-0.4, -0.2) is 38.8 Å². The van der Waals surface area contributed by atoms with Crippen LogP contribution >= 0.6 is 0 Å². The van der Waals surface area contributed by atoms with Crippen molar-refractivity contribution in [2.24, 2.45) is 5.92 Å². The molecule has 0 aliphatic carbocycles. The molecule has 2 aromatic heterocycles. The maximum Gasteiger partial charge on any atom is 0.321 e. The number of pyridine rings is 1. The fourth-order valence-corrected chi connectivity index (χ4v) is 3.80. The number of rotatable bonds is 4. The number of hydrogen-bond acceptors (Lipinski definition) is 3. The van der Waals surface area contributed by atoms with Crippen LogP contribution in [0.4, 0.5) is 10.5 Å². The number of fused-ring (bicyclic) bond motifs is 1. The van der Waals surface area contributed by atoms with Crippen LogP contribution in [0.5, 0.6) is 0 Å². The van der Waals surface area contributed by atoms with E-state index in [-0.39, 0.29) is 6.03 Å². The lowest BCUT2D eigenvalue weighted by Crippen LogP contribution is -2.41. The summed E-state index contributed by atoms with van der Waals surface area (Å²) in [6.07, 6.45) is 8.71. The van der Waals surface area contributed by atoms with Crippen molar-refractivity contribution in [3.05, 3.63) is 54.5 Å². The molecule has 0 atom stereocenters. The van der Waals surface area contributed by atoms with E-state index in [1.54, 1.807) is 6.20 Å². The van der Waals surface area contributed by atoms with Crippen molar-refractivity contribution < 1.29 is 4.79 Å². The molecular weight excluding hydrogens is 338 g/mol. The Morgan fingerprint density at radius 3 is 2.81 bits per heavy atom. The smallest absolute Gasteiger partial charge is 0.321 e. The Balaban J connectivity index is 1.34. The molecule has 1 aliphatic heterocycles. The summed E-state index contributed by atoms with van der Waals surface area (Å²) in [6, 6.07) is 10.0. The predicted molar refractivity (Wildman–Crippen MR) is 107 cm³/mol. The number of likely N-dealkylation sites (tertiary alicyclic amines) is 1. The summed E-state index contributed by atoms with van der Waals surface area (Å²) >= 11 is 0. The topological polar surface area (TPSA) is 63.1 Å². The Hall–Kier alpha value is -2.89. The zero-order valence-corrected chi connectivity index (χ0v) is 15.6. The first-order valence-corrected chi connectivity index (χ1v) is 9.63. The van der Waals surface area contributed by atoms with E-state index in [1.165, 1.54) is 5.56 Å². The molecule has 1 aromatic carbocycles. The van der Waals surface area contributed by atoms with Gasteiger partial charge < -0.3 is 10.2 Å². The summed E-state index contributed by atoms with van der Waals surface area (Å²) in [5.74, 6) is 0.619. The molecule has 1 fully saturated rings. The minimum atomic E-state index is -0.0169. The molecule has 27 heavy (non-hydrogen) atoms. The lowest BCUT2D eigenvalue weighted by Gasteiger charge is -2.32. The van der Waals surface area contributed by atoms with E-state index in [9.17, 15) is 4.79 Å².